The zero-order valence-corrected chi connectivity index (χ0v) is 13.0. The van der Waals surface area contributed by atoms with Crippen molar-refractivity contribution < 1.29 is 13.9 Å². The van der Waals surface area contributed by atoms with Gasteiger partial charge in [0.05, 0.1) is 6.54 Å². The van der Waals surface area contributed by atoms with E-state index in [2.05, 4.69) is 10.6 Å². The first-order valence-corrected chi connectivity index (χ1v) is 7.28. The summed E-state index contributed by atoms with van der Waals surface area (Å²) in [5, 5.41) is 6.35. The van der Waals surface area contributed by atoms with Crippen LogP contribution in [0.2, 0.25) is 0 Å². The lowest BCUT2D eigenvalue weighted by molar-refractivity contribution is 0.100. The molecule has 120 valence electrons. The number of thiocarbonyl (C=S) groups is 1. The smallest absolute Gasteiger partial charge is 0.248 e. The molecule has 7 heteroatoms. The Kier molecular flexibility index (Phi) is 5.87. The van der Waals surface area contributed by atoms with E-state index in [0.29, 0.717) is 29.6 Å². The van der Waals surface area contributed by atoms with Gasteiger partial charge in [-0.1, -0.05) is 6.07 Å². The summed E-state index contributed by atoms with van der Waals surface area (Å²) in [4.78, 5) is 11.0. The number of nitrogens with two attached hydrogens (primary N) is 1. The Morgan fingerprint density at radius 3 is 2.61 bits per heavy atom. The van der Waals surface area contributed by atoms with E-state index in [-0.39, 0.29) is 5.82 Å². The molecule has 0 aliphatic heterocycles. The summed E-state index contributed by atoms with van der Waals surface area (Å²) in [6.45, 7) is 0.799. The maximum Gasteiger partial charge on any atom is 0.248 e. The molecule has 0 unspecified atom stereocenters. The van der Waals surface area contributed by atoms with E-state index in [4.69, 9.17) is 22.7 Å². The fourth-order valence-corrected chi connectivity index (χ4v) is 2.00. The number of anilines is 1. The van der Waals surface area contributed by atoms with Crippen LogP contribution in [0.15, 0.2) is 48.5 Å². The number of primary amides is 1. The summed E-state index contributed by atoms with van der Waals surface area (Å²) < 4.78 is 18.4. The fraction of sp³-hybridized carbons (Fsp3) is 0.125. The monoisotopic (exact) mass is 333 g/mol. The number of halogens is 1. The molecular weight excluding hydrogens is 317 g/mol. The molecular formula is C16H16FN3O2S. The van der Waals surface area contributed by atoms with Gasteiger partial charge in [-0.3, -0.25) is 4.79 Å². The van der Waals surface area contributed by atoms with E-state index in [0.717, 1.165) is 5.69 Å². The van der Waals surface area contributed by atoms with Crippen LogP contribution in [0.3, 0.4) is 0 Å². The van der Waals surface area contributed by atoms with Crippen LogP contribution >= 0.6 is 12.2 Å². The molecule has 0 aliphatic carbocycles. The summed E-state index contributed by atoms with van der Waals surface area (Å²) in [7, 11) is 0. The number of nitrogens with one attached hydrogen (secondary N) is 2. The van der Waals surface area contributed by atoms with E-state index in [1.54, 1.807) is 36.4 Å². The van der Waals surface area contributed by atoms with Crippen molar-refractivity contribution in [3.63, 3.8) is 0 Å². The molecule has 0 aliphatic rings. The van der Waals surface area contributed by atoms with Crippen LogP contribution in [0.5, 0.6) is 5.75 Å². The summed E-state index contributed by atoms with van der Waals surface area (Å²) >= 11 is 5.14. The van der Waals surface area contributed by atoms with Crippen molar-refractivity contribution in [1.29, 1.82) is 0 Å². The van der Waals surface area contributed by atoms with Crippen molar-refractivity contribution in [3.05, 3.63) is 59.9 Å². The van der Waals surface area contributed by atoms with E-state index < -0.39 is 5.91 Å². The topological polar surface area (TPSA) is 76.4 Å². The Labute approximate surface area is 138 Å². The summed E-state index contributed by atoms with van der Waals surface area (Å²) in [6, 6.07) is 12.6. The molecule has 0 radical (unpaired) electrons. The number of ether oxygens (including phenoxy) is 1. The van der Waals surface area contributed by atoms with E-state index in [1.807, 2.05) is 0 Å². The number of hydrogen-bond acceptors (Lipinski definition) is 3. The molecule has 0 heterocycles. The van der Waals surface area contributed by atoms with E-state index >= 15 is 0 Å². The Morgan fingerprint density at radius 1 is 1.22 bits per heavy atom. The Hall–Kier alpha value is -2.67. The van der Waals surface area contributed by atoms with Gasteiger partial charge in [0.25, 0.3) is 0 Å². The number of rotatable bonds is 6. The van der Waals surface area contributed by atoms with Gasteiger partial charge in [0.15, 0.2) is 5.11 Å². The Morgan fingerprint density at radius 2 is 1.96 bits per heavy atom. The third kappa shape index (κ3) is 5.55. The molecule has 5 nitrogen and oxygen atoms in total. The largest absolute Gasteiger partial charge is 0.492 e. The van der Waals surface area contributed by atoms with Crippen LogP contribution in [-0.2, 0) is 0 Å². The van der Waals surface area contributed by atoms with Crippen molar-refractivity contribution in [2.75, 3.05) is 18.5 Å². The van der Waals surface area contributed by atoms with Crippen LogP contribution < -0.4 is 21.1 Å². The van der Waals surface area contributed by atoms with E-state index in [1.165, 1.54) is 12.1 Å². The van der Waals surface area contributed by atoms with Gasteiger partial charge in [0.2, 0.25) is 5.91 Å². The molecule has 1 amide bonds. The molecule has 2 aromatic carbocycles. The minimum atomic E-state index is -0.480. The lowest BCUT2D eigenvalue weighted by Gasteiger charge is -2.11. The highest BCUT2D eigenvalue weighted by Gasteiger charge is 2.01. The molecule has 23 heavy (non-hydrogen) atoms. The van der Waals surface area contributed by atoms with Crippen LogP contribution in [0.25, 0.3) is 0 Å². The third-order valence-corrected chi connectivity index (χ3v) is 3.13. The van der Waals surface area contributed by atoms with Gasteiger partial charge < -0.3 is 21.1 Å². The molecule has 0 bridgehead atoms. The van der Waals surface area contributed by atoms with Gasteiger partial charge in [-0.2, -0.15) is 0 Å². The molecule has 0 atom stereocenters. The number of carbonyl (C=O) groups is 1. The minimum Gasteiger partial charge on any atom is -0.492 e. The van der Waals surface area contributed by atoms with Crippen LogP contribution in [-0.4, -0.2) is 24.2 Å². The zero-order chi connectivity index (χ0) is 16.7. The Bertz CT molecular complexity index is 692. The van der Waals surface area contributed by atoms with Gasteiger partial charge in [-0.05, 0) is 48.6 Å². The van der Waals surface area contributed by atoms with Crippen molar-refractivity contribution >= 4 is 28.9 Å². The van der Waals surface area contributed by atoms with Gasteiger partial charge in [0.1, 0.15) is 18.2 Å². The standard InChI is InChI=1S/C16H16FN3O2S/c17-12-2-1-3-14(10-12)22-9-8-19-16(23)20-13-6-4-11(5-7-13)15(18)21/h1-7,10H,8-9H2,(H2,18,21)(H2,19,20,23). The first kappa shape index (κ1) is 16.7. The average molecular weight is 333 g/mol. The maximum atomic E-state index is 13.0. The molecule has 2 aromatic rings. The number of amides is 1. The quantitative estimate of drug-likeness (QED) is 0.558. The lowest BCUT2D eigenvalue weighted by Crippen LogP contribution is -2.31. The second kappa shape index (κ2) is 8.09. The van der Waals surface area contributed by atoms with Crippen LogP contribution in [0.1, 0.15) is 10.4 Å². The minimum absolute atomic E-state index is 0.339. The summed E-state index contributed by atoms with van der Waals surface area (Å²) in [5.74, 6) is -0.355. The van der Waals surface area contributed by atoms with Crippen LogP contribution in [0, 0.1) is 5.82 Å². The van der Waals surface area contributed by atoms with Crippen molar-refractivity contribution in [3.8, 4) is 5.75 Å². The predicted molar refractivity (Wildman–Crippen MR) is 91.1 cm³/mol. The molecule has 0 saturated carbocycles. The molecule has 2 rings (SSSR count). The zero-order valence-electron chi connectivity index (χ0n) is 12.2. The first-order chi connectivity index (χ1) is 11.0. The van der Waals surface area contributed by atoms with Gasteiger partial charge >= 0.3 is 0 Å². The SMILES string of the molecule is NC(=O)c1ccc(NC(=S)NCCOc2cccc(F)c2)cc1. The summed E-state index contributed by atoms with van der Waals surface area (Å²) in [5.41, 5.74) is 6.33. The van der Waals surface area contributed by atoms with Crippen molar-refractivity contribution in [2.24, 2.45) is 5.73 Å². The summed E-state index contributed by atoms with van der Waals surface area (Å²) in [6.07, 6.45) is 0. The first-order valence-electron chi connectivity index (χ1n) is 6.87. The van der Waals surface area contributed by atoms with Crippen molar-refractivity contribution in [2.45, 2.75) is 0 Å². The Balaban J connectivity index is 1.71. The van der Waals surface area contributed by atoms with E-state index in [9.17, 15) is 9.18 Å². The second-order valence-electron chi connectivity index (χ2n) is 4.63. The fourth-order valence-electron chi connectivity index (χ4n) is 1.78. The molecule has 4 N–H and O–H groups in total. The van der Waals surface area contributed by atoms with Gasteiger partial charge in [-0.25, -0.2) is 4.39 Å². The van der Waals surface area contributed by atoms with Gasteiger partial charge in [0, 0.05) is 17.3 Å². The normalized spacial score (nSPS) is 9.96. The molecule has 0 saturated heterocycles. The van der Waals surface area contributed by atoms with Crippen LogP contribution in [0.4, 0.5) is 10.1 Å². The molecule has 0 fully saturated rings. The second-order valence-corrected chi connectivity index (χ2v) is 5.04. The average Bonchev–Trinajstić information content (AvgIpc) is 2.52. The molecule has 0 aromatic heterocycles. The van der Waals surface area contributed by atoms with Crippen molar-refractivity contribution in [1.82, 2.24) is 5.32 Å². The number of hydrogen-bond donors (Lipinski definition) is 3. The highest BCUT2D eigenvalue weighted by molar-refractivity contribution is 7.80. The maximum absolute atomic E-state index is 13.0. The number of carbonyl (C=O) groups excluding carboxylic acids is 1. The molecule has 0 spiro atoms. The number of benzene rings is 2. The highest BCUT2D eigenvalue weighted by atomic mass is 32.1. The van der Waals surface area contributed by atoms with Gasteiger partial charge in [-0.15, -0.1) is 0 Å². The third-order valence-electron chi connectivity index (χ3n) is 2.88. The highest BCUT2D eigenvalue weighted by Crippen LogP contribution is 2.11. The predicted octanol–water partition coefficient (Wildman–Crippen LogP) is 2.29. The lowest BCUT2D eigenvalue weighted by atomic mass is 10.2.